The van der Waals surface area contributed by atoms with Gasteiger partial charge in [-0.1, -0.05) is 27.2 Å². The lowest BCUT2D eigenvalue weighted by atomic mass is 9.50. The van der Waals surface area contributed by atoms with Crippen molar-refractivity contribution in [3.63, 3.8) is 0 Å². The third-order valence-corrected chi connectivity index (χ3v) is 5.61. The number of rotatable bonds is 0. The van der Waals surface area contributed by atoms with Gasteiger partial charge in [-0.15, -0.1) is 0 Å². The molecule has 4 nitrogen and oxygen atoms in total. The summed E-state index contributed by atoms with van der Waals surface area (Å²) < 4.78 is 4.94. The largest absolute Gasteiger partial charge is 0.428 e. The Labute approximate surface area is 113 Å². The molecule has 0 aromatic rings. The Morgan fingerprint density at radius 2 is 1.89 bits per heavy atom. The molecule has 2 aliphatic carbocycles. The van der Waals surface area contributed by atoms with Crippen LogP contribution in [0.5, 0.6) is 0 Å². The molecule has 0 spiro atoms. The van der Waals surface area contributed by atoms with Gasteiger partial charge in [0.25, 0.3) is 0 Å². The molecule has 4 atom stereocenters. The van der Waals surface area contributed by atoms with Crippen LogP contribution in [0.3, 0.4) is 0 Å². The van der Waals surface area contributed by atoms with Gasteiger partial charge in [-0.05, 0) is 36.0 Å². The Morgan fingerprint density at radius 3 is 2.58 bits per heavy atom. The maximum Gasteiger partial charge on any atom is 0.339 e. The van der Waals surface area contributed by atoms with Crippen molar-refractivity contribution in [2.45, 2.75) is 58.8 Å². The van der Waals surface area contributed by atoms with Gasteiger partial charge in [0.1, 0.15) is 0 Å². The maximum atomic E-state index is 11.8. The smallest absolute Gasteiger partial charge is 0.339 e. The van der Waals surface area contributed by atoms with Gasteiger partial charge in [0.15, 0.2) is 0 Å². The van der Waals surface area contributed by atoms with E-state index in [1.165, 1.54) is 0 Å². The van der Waals surface area contributed by atoms with Crippen molar-refractivity contribution in [3.8, 4) is 0 Å². The first-order valence-electron chi connectivity index (χ1n) is 7.09. The third kappa shape index (κ3) is 1.62. The zero-order valence-electron chi connectivity index (χ0n) is 11.8. The first-order valence-corrected chi connectivity index (χ1v) is 7.09. The van der Waals surface area contributed by atoms with Crippen LogP contribution in [0.1, 0.15) is 46.5 Å². The van der Waals surface area contributed by atoms with Crippen LogP contribution in [0.15, 0.2) is 11.1 Å². The van der Waals surface area contributed by atoms with Crippen LogP contribution in [0.25, 0.3) is 0 Å². The number of carbonyl (C=O) groups is 1. The summed E-state index contributed by atoms with van der Waals surface area (Å²) in [6.07, 6.45) is 1.76. The fourth-order valence-electron chi connectivity index (χ4n) is 4.74. The van der Waals surface area contributed by atoms with Crippen LogP contribution in [-0.2, 0) is 9.53 Å². The molecular formula is C15H22O4. The van der Waals surface area contributed by atoms with Crippen molar-refractivity contribution in [3.05, 3.63) is 11.1 Å². The van der Waals surface area contributed by atoms with Gasteiger partial charge in [0.2, 0.25) is 6.29 Å². The summed E-state index contributed by atoms with van der Waals surface area (Å²) in [5.41, 5.74) is 0.845. The summed E-state index contributed by atoms with van der Waals surface area (Å²) in [7, 11) is 0. The molecule has 0 saturated heterocycles. The molecule has 1 fully saturated rings. The molecule has 0 aromatic carbocycles. The molecule has 0 amide bonds. The topological polar surface area (TPSA) is 66.8 Å². The van der Waals surface area contributed by atoms with Gasteiger partial charge in [0.05, 0.1) is 11.7 Å². The first kappa shape index (κ1) is 13.1. The zero-order valence-corrected chi connectivity index (χ0v) is 11.8. The van der Waals surface area contributed by atoms with Gasteiger partial charge in [-0.25, -0.2) is 4.79 Å². The predicted octanol–water partition coefficient (Wildman–Crippen LogP) is 1.76. The Bertz CT molecular complexity index is 465. The molecule has 106 valence electrons. The van der Waals surface area contributed by atoms with Crippen LogP contribution in [0.2, 0.25) is 0 Å². The number of hydrogen-bond acceptors (Lipinski definition) is 4. The molecule has 19 heavy (non-hydrogen) atoms. The fraction of sp³-hybridized carbons (Fsp3) is 0.800. The van der Waals surface area contributed by atoms with Gasteiger partial charge >= 0.3 is 5.97 Å². The summed E-state index contributed by atoms with van der Waals surface area (Å²) in [5, 5.41) is 20.4. The molecule has 0 aromatic heterocycles. The van der Waals surface area contributed by atoms with Crippen molar-refractivity contribution in [2.75, 3.05) is 0 Å². The highest BCUT2D eigenvalue weighted by Gasteiger charge is 2.58. The van der Waals surface area contributed by atoms with E-state index in [9.17, 15) is 15.0 Å². The van der Waals surface area contributed by atoms with Gasteiger partial charge < -0.3 is 14.9 Å². The van der Waals surface area contributed by atoms with E-state index >= 15 is 0 Å². The number of fused-ring (bicyclic) bond motifs is 2. The number of aliphatic hydroxyl groups is 2. The molecule has 1 saturated carbocycles. The Kier molecular flexibility index (Phi) is 2.64. The Balaban J connectivity index is 2.15. The summed E-state index contributed by atoms with van der Waals surface area (Å²) in [6, 6.07) is 0. The highest BCUT2D eigenvalue weighted by molar-refractivity contribution is 5.93. The van der Waals surface area contributed by atoms with E-state index in [1.807, 2.05) is 0 Å². The Hall–Kier alpha value is -0.870. The lowest BCUT2D eigenvalue weighted by Gasteiger charge is -2.54. The minimum absolute atomic E-state index is 0.109. The van der Waals surface area contributed by atoms with Crippen LogP contribution in [0, 0.1) is 16.7 Å². The van der Waals surface area contributed by atoms with Crippen LogP contribution < -0.4 is 0 Å². The predicted molar refractivity (Wildman–Crippen MR) is 69.0 cm³/mol. The van der Waals surface area contributed by atoms with Crippen LogP contribution in [-0.4, -0.2) is 28.6 Å². The molecule has 4 heteroatoms. The average Bonchev–Trinajstić information content (AvgIpc) is 2.59. The van der Waals surface area contributed by atoms with E-state index in [4.69, 9.17) is 4.74 Å². The molecule has 3 rings (SSSR count). The minimum Gasteiger partial charge on any atom is -0.428 e. The SMILES string of the molecule is CC1(C)CCC[C@]2(C)C3=C(C(=O)O[C@@H]3O)[C@H](O)C[C@@H]12. The summed E-state index contributed by atoms with van der Waals surface area (Å²) >= 11 is 0. The molecule has 0 radical (unpaired) electrons. The highest BCUT2D eigenvalue weighted by atomic mass is 16.6. The van der Waals surface area contributed by atoms with E-state index in [1.54, 1.807) is 0 Å². The molecule has 2 N–H and O–H groups in total. The zero-order chi connectivity index (χ0) is 14.0. The second-order valence-electron chi connectivity index (χ2n) is 7.15. The quantitative estimate of drug-likeness (QED) is 0.656. The third-order valence-electron chi connectivity index (χ3n) is 5.61. The summed E-state index contributed by atoms with van der Waals surface area (Å²) in [6.45, 7) is 6.56. The number of carbonyl (C=O) groups excluding carboxylic acids is 1. The van der Waals surface area contributed by atoms with Crippen LogP contribution in [0.4, 0.5) is 0 Å². The van der Waals surface area contributed by atoms with Gasteiger partial charge in [0, 0.05) is 5.57 Å². The average molecular weight is 266 g/mol. The minimum atomic E-state index is -1.17. The van der Waals surface area contributed by atoms with Crippen molar-refractivity contribution in [1.82, 2.24) is 0 Å². The molecule has 0 unspecified atom stereocenters. The maximum absolute atomic E-state index is 11.8. The van der Waals surface area contributed by atoms with Crippen molar-refractivity contribution >= 4 is 5.97 Å². The van der Waals surface area contributed by atoms with E-state index in [2.05, 4.69) is 20.8 Å². The van der Waals surface area contributed by atoms with Crippen LogP contribution >= 0.6 is 0 Å². The molecule has 1 heterocycles. The lowest BCUT2D eigenvalue weighted by Crippen LogP contribution is -2.49. The van der Waals surface area contributed by atoms with Gasteiger partial charge in [-0.2, -0.15) is 0 Å². The number of aliphatic hydroxyl groups excluding tert-OH is 2. The van der Waals surface area contributed by atoms with E-state index in [-0.39, 0.29) is 16.7 Å². The standard InChI is InChI=1S/C15H22O4/c1-14(2)5-4-6-15(3)9(14)7-8(16)10-11(15)13(18)19-12(10)17/h8-9,13,16,18H,4-7H2,1-3H3/t8-,9+,13+,15+/m1/s1. The van der Waals surface area contributed by atoms with Crippen molar-refractivity contribution in [1.29, 1.82) is 0 Å². The van der Waals surface area contributed by atoms with Crippen molar-refractivity contribution in [2.24, 2.45) is 16.7 Å². The molecular weight excluding hydrogens is 244 g/mol. The number of esters is 1. The highest BCUT2D eigenvalue weighted by Crippen LogP contribution is 2.61. The molecule has 3 aliphatic rings. The monoisotopic (exact) mass is 266 g/mol. The molecule has 0 bridgehead atoms. The van der Waals surface area contributed by atoms with E-state index < -0.39 is 18.4 Å². The van der Waals surface area contributed by atoms with Gasteiger partial charge in [-0.3, -0.25) is 0 Å². The normalized spacial score (nSPS) is 44.7. The Morgan fingerprint density at radius 1 is 1.21 bits per heavy atom. The lowest BCUT2D eigenvalue weighted by molar-refractivity contribution is -0.153. The second-order valence-corrected chi connectivity index (χ2v) is 7.15. The van der Waals surface area contributed by atoms with E-state index in [0.717, 1.165) is 19.3 Å². The fourth-order valence-corrected chi connectivity index (χ4v) is 4.74. The molecule has 1 aliphatic heterocycles. The number of hydrogen-bond donors (Lipinski definition) is 2. The number of ether oxygens (including phenoxy) is 1. The van der Waals surface area contributed by atoms with E-state index in [0.29, 0.717) is 17.6 Å². The summed E-state index contributed by atoms with van der Waals surface area (Å²) in [5.74, 6) is -0.273. The van der Waals surface area contributed by atoms with Crippen molar-refractivity contribution < 1.29 is 19.7 Å². The second kappa shape index (κ2) is 3.83. The first-order chi connectivity index (χ1) is 8.77. The number of cyclic esters (lactones) is 1. The summed E-state index contributed by atoms with van der Waals surface area (Å²) in [4.78, 5) is 11.8.